The van der Waals surface area contributed by atoms with Gasteiger partial charge in [-0.05, 0) is 37.0 Å². The quantitative estimate of drug-likeness (QED) is 0.886. The molecule has 2 aromatic rings. The zero-order valence-corrected chi connectivity index (χ0v) is 12.8. The molecule has 21 heavy (non-hydrogen) atoms. The summed E-state index contributed by atoms with van der Waals surface area (Å²) in [5.74, 6) is 1.93. The lowest BCUT2D eigenvalue weighted by molar-refractivity contribution is -0.127. The lowest BCUT2D eigenvalue weighted by Crippen LogP contribution is -2.35. The summed E-state index contributed by atoms with van der Waals surface area (Å²) in [6.45, 7) is 4.98. The van der Waals surface area contributed by atoms with Gasteiger partial charge in [-0.15, -0.1) is 0 Å². The molecule has 112 valence electrons. The van der Waals surface area contributed by atoms with Gasteiger partial charge < -0.3 is 10.3 Å². The Morgan fingerprint density at radius 2 is 2.24 bits per heavy atom. The van der Waals surface area contributed by atoms with Gasteiger partial charge in [0, 0.05) is 18.4 Å². The third kappa shape index (κ3) is 3.09. The average molecular weight is 285 g/mol. The largest absolute Gasteiger partial charge is 0.356 e. The van der Waals surface area contributed by atoms with Crippen LogP contribution in [0.15, 0.2) is 18.2 Å². The molecule has 1 saturated carbocycles. The van der Waals surface area contributed by atoms with Gasteiger partial charge in [0.2, 0.25) is 5.91 Å². The number of nitrogens with one attached hydrogen (secondary N) is 2. The molecule has 3 rings (SSSR count). The highest BCUT2D eigenvalue weighted by molar-refractivity contribution is 5.79. The number of rotatable bonds is 5. The normalized spacial score (nSPS) is 15.4. The number of nitrogens with zero attached hydrogens (tertiary/aromatic N) is 1. The van der Waals surface area contributed by atoms with E-state index < -0.39 is 0 Å². The number of amides is 1. The zero-order chi connectivity index (χ0) is 14.8. The van der Waals surface area contributed by atoms with E-state index in [1.807, 2.05) is 0 Å². The van der Waals surface area contributed by atoms with Gasteiger partial charge >= 0.3 is 0 Å². The second-order valence-corrected chi connectivity index (χ2v) is 6.30. The molecular formula is C17H23N3O. The van der Waals surface area contributed by atoms with Crippen molar-refractivity contribution in [1.82, 2.24) is 15.3 Å². The van der Waals surface area contributed by atoms with Crippen molar-refractivity contribution in [3.8, 4) is 0 Å². The maximum Gasteiger partial charge on any atom is 0.223 e. The number of imidazole rings is 1. The highest BCUT2D eigenvalue weighted by Crippen LogP contribution is 2.26. The van der Waals surface area contributed by atoms with Crippen LogP contribution in [0, 0.1) is 5.92 Å². The first-order chi connectivity index (χ1) is 10.1. The van der Waals surface area contributed by atoms with Crippen LogP contribution in [0.5, 0.6) is 0 Å². The number of fused-ring (bicyclic) bond motifs is 1. The first-order valence-corrected chi connectivity index (χ1v) is 7.90. The zero-order valence-electron chi connectivity index (χ0n) is 12.8. The topological polar surface area (TPSA) is 57.8 Å². The average Bonchev–Trinajstić information content (AvgIpc) is 2.80. The van der Waals surface area contributed by atoms with E-state index in [1.165, 1.54) is 12.0 Å². The van der Waals surface area contributed by atoms with Gasteiger partial charge in [-0.25, -0.2) is 4.98 Å². The van der Waals surface area contributed by atoms with Gasteiger partial charge in [0.05, 0.1) is 11.0 Å². The number of hydrogen-bond donors (Lipinski definition) is 2. The van der Waals surface area contributed by atoms with Crippen molar-refractivity contribution in [3.05, 3.63) is 29.6 Å². The summed E-state index contributed by atoms with van der Waals surface area (Å²) in [5.41, 5.74) is 3.33. The monoisotopic (exact) mass is 285 g/mol. The minimum Gasteiger partial charge on any atom is -0.356 e. The Labute approximate surface area is 125 Å². The first kappa shape index (κ1) is 14.1. The third-order valence-corrected chi connectivity index (χ3v) is 4.30. The Morgan fingerprint density at radius 1 is 1.43 bits per heavy atom. The molecule has 2 N–H and O–H groups in total. The van der Waals surface area contributed by atoms with Crippen LogP contribution in [-0.4, -0.2) is 22.4 Å². The molecule has 0 bridgehead atoms. The summed E-state index contributed by atoms with van der Waals surface area (Å²) in [5, 5.41) is 3.04. The minimum atomic E-state index is 0.228. The first-order valence-electron chi connectivity index (χ1n) is 7.90. The van der Waals surface area contributed by atoms with Crippen molar-refractivity contribution in [3.63, 3.8) is 0 Å². The van der Waals surface area contributed by atoms with Crippen molar-refractivity contribution in [1.29, 1.82) is 0 Å². The third-order valence-electron chi connectivity index (χ3n) is 4.30. The predicted octanol–water partition coefficient (Wildman–Crippen LogP) is 3.15. The van der Waals surface area contributed by atoms with Crippen LogP contribution in [0.2, 0.25) is 0 Å². The molecule has 0 unspecified atom stereocenters. The molecule has 1 aliphatic carbocycles. The van der Waals surface area contributed by atoms with Gasteiger partial charge in [-0.2, -0.15) is 0 Å². The van der Waals surface area contributed by atoms with Crippen LogP contribution in [-0.2, 0) is 11.2 Å². The smallest absolute Gasteiger partial charge is 0.223 e. The fourth-order valence-corrected chi connectivity index (χ4v) is 2.65. The molecule has 1 aromatic carbocycles. The number of hydrogen-bond acceptors (Lipinski definition) is 2. The van der Waals surface area contributed by atoms with Gasteiger partial charge in [-0.3, -0.25) is 4.79 Å². The van der Waals surface area contributed by atoms with E-state index >= 15 is 0 Å². The molecule has 0 radical (unpaired) electrons. The van der Waals surface area contributed by atoms with Gasteiger partial charge in [0.15, 0.2) is 0 Å². The fourth-order valence-electron chi connectivity index (χ4n) is 2.65. The van der Waals surface area contributed by atoms with E-state index in [2.05, 4.69) is 47.3 Å². The number of aromatic nitrogens is 2. The molecule has 1 amide bonds. The molecule has 1 heterocycles. The van der Waals surface area contributed by atoms with Crippen LogP contribution >= 0.6 is 0 Å². The van der Waals surface area contributed by atoms with E-state index in [4.69, 9.17) is 0 Å². The molecule has 1 fully saturated rings. The maximum atomic E-state index is 11.8. The summed E-state index contributed by atoms with van der Waals surface area (Å²) in [6.07, 6.45) is 4.19. The highest BCUT2D eigenvalue weighted by atomic mass is 16.1. The molecule has 4 heteroatoms. The minimum absolute atomic E-state index is 0.228. The molecular weight excluding hydrogens is 262 g/mol. The van der Waals surface area contributed by atoms with Crippen molar-refractivity contribution >= 4 is 16.9 Å². The molecule has 4 nitrogen and oxygen atoms in total. The Balaban J connectivity index is 1.60. The van der Waals surface area contributed by atoms with Crippen LogP contribution in [0.1, 0.15) is 50.4 Å². The number of H-pyrrole nitrogens is 1. The SMILES string of the molecule is CC(C)c1nc2ccc(CCNC(=O)C3CCC3)cc2[nH]1. The highest BCUT2D eigenvalue weighted by Gasteiger charge is 2.24. The van der Waals surface area contributed by atoms with Gasteiger partial charge in [0.25, 0.3) is 0 Å². The number of carbonyl (C=O) groups is 1. The number of carbonyl (C=O) groups excluding carboxylic acids is 1. The van der Waals surface area contributed by atoms with E-state index in [0.717, 1.165) is 36.1 Å². The summed E-state index contributed by atoms with van der Waals surface area (Å²) >= 11 is 0. The molecule has 0 saturated heterocycles. The van der Waals surface area contributed by atoms with Crippen molar-refractivity contribution in [2.45, 2.75) is 45.4 Å². The lowest BCUT2D eigenvalue weighted by atomic mass is 9.85. The van der Waals surface area contributed by atoms with Gasteiger partial charge in [0.1, 0.15) is 5.82 Å². The molecule has 0 aliphatic heterocycles. The second kappa shape index (κ2) is 5.88. The molecule has 0 spiro atoms. The Morgan fingerprint density at radius 3 is 2.90 bits per heavy atom. The van der Waals surface area contributed by atoms with E-state index in [9.17, 15) is 4.79 Å². The van der Waals surface area contributed by atoms with Crippen molar-refractivity contribution < 1.29 is 4.79 Å². The summed E-state index contributed by atoms with van der Waals surface area (Å²) in [6, 6.07) is 6.30. The maximum absolute atomic E-state index is 11.8. The lowest BCUT2D eigenvalue weighted by Gasteiger charge is -2.23. The molecule has 1 aromatic heterocycles. The molecule has 1 aliphatic rings. The van der Waals surface area contributed by atoms with Crippen molar-refractivity contribution in [2.75, 3.05) is 6.54 Å². The number of benzene rings is 1. The van der Waals surface area contributed by atoms with Crippen LogP contribution in [0.25, 0.3) is 11.0 Å². The fraction of sp³-hybridized carbons (Fsp3) is 0.529. The standard InChI is InChI=1S/C17H23N3O/c1-11(2)16-19-14-7-6-12(10-15(14)20-16)8-9-18-17(21)13-4-3-5-13/h6-7,10-11,13H,3-5,8-9H2,1-2H3,(H,18,21)(H,19,20). The van der Waals surface area contributed by atoms with Gasteiger partial charge in [-0.1, -0.05) is 26.3 Å². The predicted molar refractivity (Wildman–Crippen MR) is 84.2 cm³/mol. The van der Waals surface area contributed by atoms with Crippen LogP contribution in [0.4, 0.5) is 0 Å². The summed E-state index contributed by atoms with van der Waals surface area (Å²) in [7, 11) is 0. The summed E-state index contributed by atoms with van der Waals surface area (Å²) in [4.78, 5) is 19.7. The number of aromatic amines is 1. The Kier molecular flexibility index (Phi) is 3.95. The van der Waals surface area contributed by atoms with Crippen LogP contribution < -0.4 is 5.32 Å². The Bertz CT molecular complexity index is 641. The van der Waals surface area contributed by atoms with E-state index in [-0.39, 0.29) is 11.8 Å². The van der Waals surface area contributed by atoms with Crippen molar-refractivity contribution in [2.24, 2.45) is 5.92 Å². The van der Waals surface area contributed by atoms with E-state index in [0.29, 0.717) is 12.5 Å². The summed E-state index contributed by atoms with van der Waals surface area (Å²) < 4.78 is 0. The Hall–Kier alpha value is -1.84. The second-order valence-electron chi connectivity index (χ2n) is 6.30. The van der Waals surface area contributed by atoms with E-state index in [1.54, 1.807) is 0 Å². The van der Waals surface area contributed by atoms with Crippen LogP contribution in [0.3, 0.4) is 0 Å². The molecule has 0 atom stereocenters.